The van der Waals surface area contributed by atoms with Crippen LogP contribution >= 0.6 is 23.2 Å². The summed E-state index contributed by atoms with van der Waals surface area (Å²) in [5, 5.41) is 18.8. The maximum Gasteiger partial charge on any atom is 0.348 e. The molecule has 7 heteroatoms. The molecule has 2 aromatic rings. The number of ether oxygens (including phenoxy) is 1. The van der Waals surface area contributed by atoms with E-state index in [1.807, 2.05) is 36.6 Å². The molecule has 0 atom stereocenters. The summed E-state index contributed by atoms with van der Waals surface area (Å²) in [6.07, 6.45) is 1.46. The first kappa shape index (κ1) is 19.1. The molecule has 1 N–H and O–H groups in total. The Morgan fingerprint density at radius 3 is 2.76 bits per heavy atom. The van der Waals surface area contributed by atoms with E-state index in [2.05, 4.69) is 0 Å². The second kappa shape index (κ2) is 8.21. The first-order chi connectivity index (χ1) is 11.9. The Kier molecular flexibility index (Phi) is 6.27. The molecule has 1 aromatic heterocycles. The molecule has 0 saturated heterocycles. The fourth-order valence-electron chi connectivity index (χ4n) is 2.48. The summed E-state index contributed by atoms with van der Waals surface area (Å²) in [6.45, 7) is 3.28. The number of nitrogens with zero attached hydrogens (tertiary/aromatic N) is 2. The highest BCUT2D eigenvalue weighted by molar-refractivity contribution is 6.43. The third-order valence-electron chi connectivity index (χ3n) is 3.61. The van der Waals surface area contributed by atoms with Crippen LogP contribution in [0.4, 0.5) is 0 Å². The van der Waals surface area contributed by atoms with Gasteiger partial charge in [0.1, 0.15) is 18.2 Å². The number of carbonyl (C=O) groups is 1. The summed E-state index contributed by atoms with van der Waals surface area (Å²) in [7, 11) is 0. The molecule has 0 saturated carbocycles. The van der Waals surface area contributed by atoms with Gasteiger partial charge >= 0.3 is 5.97 Å². The summed E-state index contributed by atoms with van der Waals surface area (Å²) in [5.41, 5.74) is 2.92. The van der Waals surface area contributed by atoms with Crippen molar-refractivity contribution in [1.29, 1.82) is 5.26 Å². The predicted octanol–water partition coefficient (Wildman–Crippen LogP) is 3.84. The zero-order valence-electron chi connectivity index (χ0n) is 13.7. The Labute approximate surface area is 155 Å². The molecule has 1 heterocycles. The second-order valence-corrected chi connectivity index (χ2v) is 6.05. The molecule has 25 heavy (non-hydrogen) atoms. The van der Waals surface area contributed by atoms with Gasteiger partial charge in [-0.1, -0.05) is 29.3 Å². The summed E-state index contributed by atoms with van der Waals surface area (Å²) in [6, 6.07) is 8.99. The molecule has 2 rings (SSSR count). The van der Waals surface area contributed by atoms with Crippen LogP contribution in [0.25, 0.3) is 11.8 Å². The summed E-state index contributed by atoms with van der Waals surface area (Å²) >= 11 is 12.4. The summed E-state index contributed by atoms with van der Waals surface area (Å²) in [5.74, 6) is -0.776. The molecule has 5 nitrogen and oxygen atoms in total. The number of carbonyl (C=O) groups excluding carboxylic acids is 1. The number of aromatic nitrogens is 1. The molecule has 0 bridgehead atoms. The molecule has 0 amide bonds. The Morgan fingerprint density at radius 2 is 2.12 bits per heavy atom. The number of rotatable bonds is 5. The van der Waals surface area contributed by atoms with Gasteiger partial charge in [0.05, 0.1) is 22.3 Å². The van der Waals surface area contributed by atoms with Crippen LogP contribution in [0.3, 0.4) is 0 Å². The number of esters is 1. The number of benzene rings is 1. The van der Waals surface area contributed by atoms with Gasteiger partial charge in [0.2, 0.25) is 0 Å². The average Bonchev–Trinajstić information content (AvgIpc) is 2.86. The van der Waals surface area contributed by atoms with Crippen molar-refractivity contribution in [2.75, 3.05) is 13.2 Å². The van der Waals surface area contributed by atoms with Crippen LogP contribution in [0.2, 0.25) is 10.0 Å². The fourth-order valence-corrected chi connectivity index (χ4v) is 2.86. The van der Waals surface area contributed by atoms with Crippen LogP contribution in [-0.2, 0) is 9.53 Å². The van der Waals surface area contributed by atoms with E-state index >= 15 is 0 Å². The Hall–Kier alpha value is -2.26. The molecule has 0 radical (unpaired) electrons. The lowest BCUT2D eigenvalue weighted by atomic mass is 10.1. The predicted molar refractivity (Wildman–Crippen MR) is 96.9 cm³/mol. The summed E-state index contributed by atoms with van der Waals surface area (Å²) in [4.78, 5) is 11.8. The van der Waals surface area contributed by atoms with Gasteiger partial charge in [0, 0.05) is 11.4 Å². The smallest absolute Gasteiger partial charge is 0.348 e. The van der Waals surface area contributed by atoms with Crippen molar-refractivity contribution < 1.29 is 14.6 Å². The first-order valence-electron chi connectivity index (χ1n) is 7.43. The van der Waals surface area contributed by atoms with E-state index < -0.39 is 5.97 Å². The number of aliphatic hydroxyl groups excluding tert-OH is 1. The van der Waals surface area contributed by atoms with Crippen LogP contribution in [0, 0.1) is 25.2 Å². The molecule has 130 valence electrons. The van der Waals surface area contributed by atoms with E-state index in [4.69, 9.17) is 33.0 Å². The van der Waals surface area contributed by atoms with Gasteiger partial charge in [0.15, 0.2) is 0 Å². The fraction of sp³-hybridized carbons (Fsp3) is 0.222. The van der Waals surface area contributed by atoms with Crippen LogP contribution < -0.4 is 0 Å². The molecule has 0 aliphatic rings. The number of aliphatic hydroxyl groups is 1. The normalized spacial score (nSPS) is 11.3. The van der Waals surface area contributed by atoms with Gasteiger partial charge in [-0.2, -0.15) is 5.26 Å². The SMILES string of the molecule is Cc1cc(C=C(C#N)C(=O)OCCO)c(C)n1-c1cccc(Cl)c1Cl. The number of halogens is 2. The monoisotopic (exact) mass is 378 g/mol. The topological polar surface area (TPSA) is 75.2 Å². The molecule has 0 aliphatic heterocycles. The zero-order valence-corrected chi connectivity index (χ0v) is 15.2. The van der Waals surface area contributed by atoms with E-state index in [-0.39, 0.29) is 18.8 Å². The van der Waals surface area contributed by atoms with Crippen molar-refractivity contribution >= 4 is 35.2 Å². The number of aryl methyl sites for hydroxylation is 1. The number of hydrogen-bond donors (Lipinski definition) is 1. The Balaban J connectivity index is 2.49. The lowest BCUT2D eigenvalue weighted by Crippen LogP contribution is -2.10. The van der Waals surface area contributed by atoms with E-state index in [1.165, 1.54) is 6.08 Å². The lowest BCUT2D eigenvalue weighted by molar-refractivity contribution is -0.139. The van der Waals surface area contributed by atoms with E-state index in [1.54, 1.807) is 12.1 Å². The first-order valence-corrected chi connectivity index (χ1v) is 8.19. The molecular weight excluding hydrogens is 363 g/mol. The maximum atomic E-state index is 11.8. The minimum atomic E-state index is -0.776. The van der Waals surface area contributed by atoms with Crippen LogP contribution in [-0.4, -0.2) is 28.9 Å². The number of nitriles is 1. The summed E-state index contributed by atoms with van der Waals surface area (Å²) < 4.78 is 6.68. The highest BCUT2D eigenvalue weighted by atomic mass is 35.5. The molecule has 0 aliphatic carbocycles. The lowest BCUT2D eigenvalue weighted by Gasteiger charge is -2.12. The molecular formula is C18H16Cl2N2O3. The van der Waals surface area contributed by atoms with Crippen LogP contribution in [0.5, 0.6) is 0 Å². The van der Waals surface area contributed by atoms with Crippen molar-refractivity contribution in [2.24, 2.45) is 0 Å². The van der Waals surface area contributed by atoms with E-state index in [0.29, 0.717) is 21.3 Å². The molecule has 0 unspecified atom stereocenters. The molecule has 0 fully saturated rings. The minimum Gasteiger partial charge on any atom is -0.459 e. The van der Waals surface area contributed by atoms with Crippen molar-refractivity contribution in [1.82, 2.24) is 4.57 Å². The van der Waals surface area contributed by atoms with Crippen molar-refractivity contribution in [2.45, 2.75) is 13.8 Å². The van der Waals surface area contributed by atoms with Gasteiger partial charge in [0.25, 0.3) is 0 Å². The Morgan fingerprint density at radius 1 is 1.40 bits per heavy atom. The third kappa shape index (κ3) is 4.05. The van der Waals surface area contributed by atoms with Crippen molar-refractivity contribution in [3.05, 3.63) is 56.8 Å². The van der Waals surface area contributed by atoms with Crippen LogP contribution in [0.1, 0.15) is 17.0 Å². The van der Waals surface area contributed by atoms with Gasteiger partial charge in [-0.25, -0.2) is 4.79 Å². The van der Waals surface area contributed by atoms with Gasteiger partial charge in [-0.15, -0.1) is 0 Å². The number of hydrogen-bond acceptors (Lipinski definition) is 4. The van der Waals surface area contributed by atoms with Crippen molar-refractivity contribution in [3.8, 4) is 11.8 Å². The molecule has 0 spiro atoms. The highest BCUT2D eigenvalue weighted by Gasteiger charge is 2.16. The standard InChI is InChI=1S/C18H16Cl2N2O3/c1-11-8-13(9-14(10-21)18(24)25-7-6-23)12(2)22(11)16-5-3-4-15(19)17(16)20/h3-5,8-9,23H,6-7H2,1-2H3. The van der Waals surface area contributed by atoms with Gasteiger partial charge in [-0.05, 0) is 43.7 Å². The third-order valence-corrected chi connectivity index (χ3v) is 4.42. The van der Waals surface area contributed by atoms with E-state index in [9.17, 15) is 10.1 Å². The minimum absolute atomic E-state index is 0.147. The largest absolute Gasteiger partial charge is 0.459 e. The average molecular weight is 379 g/mol. The van der Waals surface area contributed by atoms with Gasteiger partial charge < -0.3 is 14.4 Å². The zero-order chi connectivity index (χ0) is 18.6. The second-order valence-electron chi connectivity index (χ2n) is 5.26. The Bertz CT molecular complexity index is 879. The van der Waals surface area contributed by atoms with Gasteiger partial charge in [-0.3, -0.25) is 0 Å². The van der Waals surface area contributed by atoms with Crippen molar-refractivity contribution in [3.63, 3.8) is 0 Å². The highest BCUT2D eigenvalue weighted by Crippen LogP contribution is 2.32. The maximum absolute atomic E-state index is 11.8. The van der Waals surface area contributed by atoms with E-state index in [0.717, 1.165) is 11.4 Å². The van der Waals surface area contributed by atoms with Crippen LogP contribution in [0.15, 0.2) is 29.8 Å². The molecule has 1 aromatic carbocycles. The quantitative estimate of drug-likeness (QED) is 0.487.